The molecule has 3 rings (SSSR count). The van der Waals surface area contributed by atoms with E-state index in [0.29, 0.717) is 5.70 Å². The molecule has 0 spiro atoms. The molecular formula is C23H23N3O. The van der Waals surface area contributed by atoms with Crippen molar-refractivity contribution in [3.05, 3.63) is 96.6 Å². The molecule has 0 aliphatic rings. The molecule has 0 aromatic heterocycles. The SMILES string of the molecule is C=C(NNC(=O)CNc1ccccc1C)c1ccc(-c2ccccc2)cc1. The summed E-state index contributed by atoms with van der Waals surface area (Å²) in [5.74, 6) is -0.166. The van der Waals surface area contributed by atoms with Crippen molar-refractivity contribution in [2.24, 2.45) is 0 Å². The first kappa shape index (κ1) is 18.3. The van der Waals surface area contributed by atoms with Crippen molar-refractivity contribution in [2.45, 2.75) is 6.92 Å². The molecule has 3 aromatic rings. The van der Waals surface area contributed by atoms with Crippen LogP contribution in [0.1, 0.15) is 11.1 Å². The number of benzene rings is 3. The molecule has 0 atom stereocenters. The third-order valence-corrected chi connectivity index (χ3v) is 4.28. The van der Waals surface area contributed by atoms with Crippen LogP contribution >= 0.6 is 0 Å². The van der Waals surface area contributed by atoms with Crippen LogP contribution in [0.5, 0.6) is 0 Å². The molecule has 0 saturated carbocycles. The molecule has 27 heavy (non-hydrogen) atoms. The van der Waals surface area contributed by atoms with E-state index in [0.717, 1.165) is 22.4 Å². The van der Waals surface area contributed by atoms with Crippen molar-refractivity contribution in [3.63, 3.8) is 0 Å². The number of carbonyl (C=O) groups excluding carboxylic acids is 1. The zero-order chi connectivity index (χ0) is 19.1. The average Bonchev–Trinajstić information content (AvgIpc) is 2.72. The second-order valence-electron chi connectivity index (χ2n) is 6.26. The minimum Gasteiger partial charge on any atom is -0.376 e. The number of rotatable bonds is 7. The predicted octanol–water partition coefficient (Wildman–Crippen LogP) is 4.37. The number of hydrogen-bond donors (Lipinski definition) is 3. The van der Waals surface area contributed by atoms with Crippen LogP contribution in [0.4, 0.5) is 5.69 Å². The van der Waals surface area contributed by atoms with Gasteiger partial charge in [0.25, 0.3) is 5.91 Å². The Hall–Kier alpha value is -3.53. The van der Waals surface area contributed by atoms with Crippen molar-refractivity contribution in [2.75, 3.05) is 11.9 Å². The average molecular weight is 357 g/mol. The third kappa shape index (κ3) is 4.98. The molecule has 0 aliphatic heterocycles. The minimum atomic E-state index is -0.166. The summed E-state index contributed by atoms with van der Waals surface area (Å²) >= 11 is 0. The quantitative estimate of drug-likeness (QED) is 0.551. The van der Waals surface area contributed by atoms with E-state index >= 15 is 0 Å². The van der Waals surface area contributed by atoms with Crippen LogP contribution in [0.25, 0.3) is 16.8 Å². The summed E-state index contributed by atoms with van der Waals surface area (Å²) in [5.41, 5.74) is 11.4. The smallest absolute Gasteiger partial charge is 0.257 e. The molecular weight excluding hydrogens is 334 g/mol. The fourth-order valence-corrected chi connectivity index (χ4v) is 2.70. The summed E-state index contributed by atoms with van der Waals surface area (Å²) in [5, 5.41) is 3.12. The van der Waals surface area contributed by atoms with Gasteiger partial charge in [0, 0.05) is 5.69 Å². The van der Waals surface area contributed by atoms with Gasteiger partial charge in [0.05, 0.1) is 12.2 Å². The largest absolute Gasteiger partial charge is 0.376 e. The van der Waals surface area contributed by atoms with Gasteiger partial charge in [0.1, 0.15) is 0 Å². The molecule has 3 N–H and O–H groups in total. The topological polar surface area (TPSA) is 53.2 Å². The molecule has 136 valence electrons. The Kier molecular flexibility index (Phi) is 5.90. The summed E-state index contributed by atoms with van der Waals surface area (Å²) in [6.07, 6.45) is 0. The first-order valence-corrected chi connectivity index (χ1v) is 8.82. The molecule has 0 fully saturated rings. The maximum atomic E-state index is 12.0. The molecule has 4 heteroatoms. The lowest BCUT2D eigenvalue weighted by Crippen LogP contribution is -2.39. The summed E-state index contributed by atoms with van der Waals surface area (Å²) in [4.78, 5) is 12.0. The normalized spacial score (nSPS) is 10.1. The van der Waals surface area contributed by atoms with E-state index in [1.807, 2.05) is 73.7 Å². The summed E-state index contributed by atoms with van der Waals surface area (Å²) in [6.45, 7) is 6.16. The highest BCUT2D eigenvalue weighted by Crippen LogP contribution is 2.20. The van der Waals surface area contributed by atoms with Gasteiger partial charge in [-0.3, -0.25) is 15.6 Å². The fraction of sp³-hybridized carbons (Fsp3) is 0.0870. The van der Waals surface area contributed by atoms with Gasteiger partial charge in [-0.05, 0) is 35.2 Å². The zero-order valence-corrected chi connectivity index (χ0v) is 15.3. The monoisotopic (exact) mass is 357 g/mol. The highest BCUT2D eigenvalue weighted by molar-refractivity contribution is 5.81. The highest BCUT2D eigenvalue weighted by Gasteiger charge is 2.04. The van der Waals surface area contributed by atoms with Gasteiger partial charge < -0.3 is 5.32 Å². The lowest BCUT2D eigenvalue weighted by atomic mass is 10.0. The molecule has 0 bridgehead atoms. The second-order valence-corrected chi connectivity index (χ2v) is 6.26. The number of amides is 1. The van der Waals surface area contributed by atoms with Gasteiger partial charge in [-0.25, -0.2) is 0 Å². The van der Waals surface area contributed by atoms with Gasteiger partial charge in [-0.1, -0.05) is 79.4 Å². The molecule has 4 nitrogen and oxygen atoms in total. The van der Waals surface area contributed by atoms with E-state index in [1.165, 1.54) is 5.56 Å². The zero-order valence-electron chi connectivity index (χ0n) is 15.3. The molecule has 0 unspecified atom stereocenters. The fourth-order valence-electron chi connectivity index (χ4n) is 2.70. The van der Waals surface area contributed by atoms with Crippen LogP contribution in [0.2, 0.25) is 0 Å². The Labute approximate surface area is 159 Å². The van der Waals surface area contributed by atoms with E-state index in [9.17, 15) is 4.79 Å². The summed E-state index contributed by atoms with van der Waals surface area (Å²) in [7, 11) is 0. The molecule has 3 aromatic carbocycles. The van der Waals surface area contributed by atoms with Gasteiger partial charge in [-0.2, -0.15) is 0 Å². The van der Waals surface area contributed by atoms with E-state index in [1.54, 1.807) is 0 Å². The number of hydrogen-bond acceptors (Lipinski definition) is 3. The minimum absolute atomic E-state index is 0.166. The second kappa shape index (κ2) is 8.72. The first-order valence-electron chi connectivity index (χ1n) is 8.82. The Bertz CT molecular complexity index is 918. The van der Waals surface area contributed by atoms with Crippen molar-refractivity contribution in [1.29, 1.82) is 0 Å². The summed E-state index contributed by atoms with van der Waals surface area (Å²) in [6, 6.07) is 26.1. The standard InChI is InChI=1S/C23H23N3O/c1-17-8-6-7-11-22(17)24-16-23(27)26-25-18(2)19-12-14-21(15-13-19)20-9-4-3-5-10-20/h3-15,24-25H,2,16H2,1H3,(H,26,27). The van der Waals surface area contributed by atoms with Gasteiger partial charge in [0.2, 0.25) is 0 Å². The van der Waals surface area contributed by atoms with Crippen molar-refractivity contribution >= 4 is 17.3 Å². The van der Waals surface area contributed by atoms with Crippen LogP contribution in [-0.2, 0) is 4.79 Å². The van der Waals surface area contributed by atoms with E-state index in [-0.39, 0.29) is 12.5 Å². The third-order valence-electron chi connectivity index (χ3n) is 4.28. The Balaban J connectivity index is 1.50. The van der Waals surface area contributed by atoms with Crippen LogP contribution in [0, 0.1) is 6.92 Å². The number of hydrazine groups is 1. The van der Waals surface area contributed by atoms with Crippen molar-refractivity contribution in [1.82, 2.24) is 10.9 Å². The number of aryl methyl sites for hydroxylation is 1. The lowest BCUT2D eigenvalue weighted by molar-refractivity contribution is -0.120. The van der Waals surface area contributed by atoms with Crippen molar-refractivity contribution in [3.8, 4) is 11.1 Å². The van der Waals surface area contributed by atoms with Crippen LogP contribution < -0.4 is 16.2 Å². The summed E-state index contributed by atoms with van der Waals surface area (Å²) < 4.78 is 0. The first-order chi connectivity index (χ1) is 13.1. The van der Waals surface area contributed by atoms with Gasteiger partial charge in [-0.15, -0.1) is 0 Å². The Morgan fingerprint density at radius 2 is 1.44 bits per heavy atom. The van der Waals surface area contributed by atoms with Gasteiger partial charge in [0.15, 0.2) is 0 Å². The van der Waals surface area contributed by atoms with E-state index in [4.69, 9.17) is 0 Å². The molecule has 0 saturated heterocycles. The van der Waals surface area contributed by atoms with Crippen LogP contribution in [0.3, 0.4) is 0 Å². The van der Waals surface area contributed by atoms with Crippen molar-refractivity contribution < 1.29 is 4.79 Å². The van der Waals surface area contributed by atoms with Gasteiger partial charge >= 0.3 is 0 Å². The highest BCUT2D eigenvalue weighted by atomic mass is 16.2. The Morgan fingerprint density at radius 3 is 2.15 bits per heavy atom. The molecule has 0 aliphatic carbocycles. The van der Waals surface area contributed by atoms with Crippen LogP contribution in [-0.4, -0.2) is 12.5 Å². The maximum absolute atomic E-state index is 12.0. The van der Waals surface area contributed by atoms with Crippen LogP contribution in [0.15, 0.2) is 85.4 Å². The maximum Gasteiger partial charge on any atom is 0.257 e. The number of carbonyl (C=O) groups is 1. The lowest BCUT2D eigenvalue weighted by Gasteiger charge is -2.13. The van der Waals surface area contributed by atoms with E-state index < -0.39 is 0 Å². The number of para-hydroxylation sites is 1. The molecule has 0 heterocycles. The molecule has 0 radical (unpaired) electrons. The predicted molar refractivity (Wildman–Crippen MR) is 112 cm³/mol. The Morgan fingerprint density at radius 1 is 0.815 bits per heavy atom. The number of anilines is 1. The number of nitrogens with one attached hydrogen (secondary N) is 3. The molecule has 1 amide bonds. The van der Waals surface area contributed by atoms with E-state index in [2.05, 4.69) is 34.9 Å².